The van der Waals surface area contributed by atoms with E-state index in [1.807, 2.05) is 0 Å². The Morgan fingerprint density at radius 1 is 1.60 bits per heavy atom. The average Bonchev–Trinajstić information content (AvgIpc) is 2.21. The highest BCUT2D eigenvalue weighted by molar-refractivity contribution is 9.10. The third-order valence-corrected chi connectivity index (χ3v) is 2.86. The van der Waals surface area contributed by atoms with E-state index < -0.39 is 11.9 Å². The van der Waals surface area contributed by atoms with E-state index in [1.54, 1.807) is 6.08 Å². The highest BCUT2D eigenvalue weighted by Gasteiger charge is 2.17. The van der Waals surface area contributed by atoms with Gasteiger partial charge in [0.15, 0.2) is 11.6 Å². The van der Waals surface area contributed by atoms with Gasteiger partial charge in [-0.3, -0.25) is 0 Å². The molecule has 0 unspecified atom stereocenters. The second kappa shape index (κ2) is 5.28. The molecular formula is C11H13BrFNO. The van der Waals surface area contributed by atoms with Gasteiger partial charge < -0.3 is 10.8 Å². The van der Waals surface area contributed by atoms with E-state index in [1.165, 1.54) is 12.1 Å². The molecule has 0 saturated carbocycles. The van der Waals surface area contributed by atoms with Gasteiger partial charge in [-0.1, -0.05) is 22.0 Å². The zero-order chi connectivity index (χ0) is 11.4. The number of hydrogen-bond acceptors (Lipinski definition) is 2. The molecule has 3 N–H and O–H groups in total. The van der Waals surface area contributed by atoms with Crippen LogP contribution >= 0.6 is 15.9 Å². The second-order valence-electron chi connectivity index (χ2n) is 3.26. The third-order valence-electron chi connectivity index (χ3n) is 2.17. The van der Waals surface area contributed by atoms with Gasteiger partial charge in [-0.2, -0.15) is 0 Å². The Balaban J connectivity index is 3.01. The van der Waals surface area contributed by atoms with Crippen LogP contribution in [0.4, 0.5) is 4.39 Å². The summed E-state index contributed by atoms with van der Waals surface area (Å²) in [7, 11) is 0. The number of hydrogen-bond donors (Lipinski definition) is 2. The molecule has 82 valence electrons. The van der Waals surface area contributed by atoms with Crippen LogP contribution in [-0.4, -0.2) is 5.11 Å². The van der Waals surface area contributed by atoms with Crippen molar-refractivity contribution in [2.75, 3.05) is 0 Å². The number of halogens is 2. The minimum atomic E-state index is -0.651. The third kappa shape index (κ3) is 2.79. The van der Waals surface area contributed by atoms with E-state index in [9.17, 15) is 9.50 Å². The summed E-state index contributed by atoms with van der Waals surface area (Å²) in [5, 5.41) is 9.54. The Kier molecular flexibility index (Phi) is 4.29. The van der Waals surface area contributed by atoms with Gasteiger partial charge in [0.25, 0.3) is 0 Å². The highest BCUT2D eigenvalue weighted by atomic mass is 79.9. The standard InChI is InChI=1S/C11H13BrFNO/c1-2-3-4-9(14)10-7(12)5-6-8(13)11(10)15/h2,5-6,9,15H,1,3-4,14H2/t9-/m1/s1. The Morgan fingerprint density at radius 2 is 2.27 bits per heavy atom. The molecule has 0 spiro atoms. The van der Waals surface area contributed by atoms with Crippen molar-refractivity contribution in [3.63, 3.8) is 0 Å². The van der Waals surface area contributed by atoms with Gasteiger partial charge in [-0.05, 0) is 25.0 Å². The first-order chi connectivity index (χ1) is 7.07. The van der Waals surface area contributed by atoms with Crippen LogP contribution in [0.1, 0.15) is 24.4 Å². The van der Waals surface area contributed by atoms with Crippen molar-refractivity contribution in [2.24, 2.45) is 5.73 Å². The highest BCUT2D eigenvalue weighted by Crippen LogP contribution is 2.34. The summed E-state index contributed by atoms with van der Waals surface area (Å²) in [6.45, 7) is 3.58. The number of aromatic hydroxyl groups is 1. The minimum absolute atomic E-state index is 0.374. The molecule has 1 aromatic carbocycles. The average molecular weight is 274 g/mol. The lowest BCUT2D eigenvalue weighted by molar-refractivity contribution is 0.418. The van der Waals surface area contributed by atoms with Crippen molar-refractivity contribution in [3.05, 3.63) is 40.6 Å². The Labute approximate surface area is 96.7 Å². The lowest BCUT2D eigenvalue weighted by Gasteiger charge is -2.14. The van der Waals surface area contributed by atoms with Gasteiger partial charge in [-0.25, -0.2) is 4.39 Å². The van der Waals surface area contributed by atoms with Crippen LogP contribution in [0.2, 0.25) is 0 Å². The SMILES string of the molecule is C=CCC[C@@H](N)c1c(Br)ccc(F)c1O. The molecule has 0 aromatic heterocycles. The molecule has 0 heterocycles. The molecule has 0 aliphatic heterocycles. The summed E-state index contributed by atoms with van der Waals surface area (Å²) < 4.78 is 13.7. The van der Waals surface area contributed by atoms with Crippen LogP contribution in [-0.2, 0) is 0 Å². The van der Waals surface area contributed by atoms with Crippen molar-refractivity contribution < 1.29 is 9.50 Å². The fourth-order valence-electron chi connectivity index (χ4n) is 1.35. The first kappa shape index (κ1) is 12.2. The van der Waals surface area contributed by atoms with Gasteiger partial charge >= 0.3 is 0 Å². The van der Waals surface area contributed by atoms with Crippen molar-refractivity contribution in [1.29, 1.82) is 0 Å². The molecular weight excluding hydrogens is 261 g/mol. The monoisotopic (exact) mass is 273 g/mol. The largest absolute Gasteiger partial charge is 0.505 e. The molecule has 0 radical (unpaired) electrons. The zero-order valence-corrected chi connectivity index (χ0v) is 9.80. The number of nitrogens with two attached hydrogens (primary N) is 1. The van der Waals surface area contributed by atoms with E-state index in [-0.39, 0.29) is 5.75 Å². The van der Waals surface area contributed by atoms with Crippen LogP contribution in [0, 0.1) is 5.82 Å². The predicted molar refractivity (Wildman–Crippen MR) is 62.1 cm³/mol. The van der Waals surface area contributed by atoms with Gasteiger partial charge in [0.2, 0.25) is 0 Å². The van der Waals surface area contributed by atoms with E-state index in [2.05, 4.69) is 22.5 Å². The Morgan fingerprint density at radius 3 is 2.87 bits per heavy atom. The summed E-state index contributed by atoms with van der Waals surface area (Å²) in [5.74, 6) is -1.02. The summed E-state index contributed by atoms with van der Waals surface area (Å²) in [6.07, 6.45) is 3.09. The summed E-state index contributed by atoms with van der Waals surface area (Å²) in [5.41, 5.74) is 6.26. The number of rotatable bonds is 4. The lowest BCUT2D eigenvalue weighted by atomic mass is 10.0. The minimum Gasteiger partial charge on any atom is -0.505 e. The van der Waals surface area contributed by atoms with Crippen LogP contribution in [0.3, 0.4) is 0 Å². The first-order valence-electron chi connectivity index (χ1n) is 4.61. The van der Waals surface area contributed by atoms with Crippen LogP contribution in [0.25, 0.3) is 0 Å². The normalized spacial score (nSPS) is 12.5. The molecule has 1 atom stereocenters. The van der Waals surface area contributed by atoms with Crippen LogP contribution in [0.15, 0.2) is 29.3 Å². The van der Waals surface area contributed by atoms with E-state index >= 15 is 0 Å². The lowest BCUT2D eigenvalue weighted by Crippen LogP contribution is -2.11. The molecule has 1 rings (SSSR count). The number of phenols is 1. The Bertz CT molecular complexity index is 368. The van der Waals surface area contributed by atoms with E-state index in [0.717, 1.165) is 6.42 Å². The molecule has 0 bridgehead atoms. The number of benzene rings is 1. The Hall–Kier alpha value is -0.870. The maximum Gasteiger partial charge on any atom is 0.165 e. The molecule has 2 nitrogen and oxygen atoms in total. The van der Waals surface area contributed by atoms with Crippen LogP contribution in [0.5, 0.6) is 5.75 Å². The topological polar surface area (TPSA) is 46.2 Å². The van der Waals surface area contributed by atoms with E-state index in [0.29, 0.717) is 16.5 Å². The molecule has 1 aromatic rings. The predicted octanol–water partition coefficient (Wildman–Crippen LogP) is 3.26. The van der Waals surface area contributed by atoms with Crippen molar-refractivity contribution >= 4 is 15.9 Å². The van der Waals surface area contributed by atoms with Gasteiger partial charge in [0.1, 0.15) is 0 Å². The van der Waals surface area contributed by atoms with Gasteiger partial charge in [0, 0.05) is 16.1 Å². The maximum absolute atomic E-state index is 13.1. The van der Waals surface area contributed by atoms with E-state index in [4.69, 9.17) is 5.73 Å². The van der Waals surface area contributed by atoms with Crippen molar-refractivity contribution in [2.45, 2.75) is 18.9 Å². The van der Waals surface area contributed by atoms with Crippen molar-refractivity contribution in [1.82, 2.24) is 0 Å². The second-order valence-corrected chi connectivity index (χ2v) is 4.12. The summed E-state index contributed by atoms with van der Waals surface area (Å²) in [6, 6.07) is 2.34. The molecule has 0 fully saturated rings. The summed E-state index contributed by atoms with van der Waals surface area (Å²) >= 11 is 3.24. The first-order valence-corrected chi connectivity index (χ1v) is 5.40. The van der Waals surface area contributed by atoms with Crippen LogP contribution < -0.4 is 5.73 Å². The smallest absolute Gasteiger partial charge is 0.165 e. The van der Waals surface area contributed by atoms with Gasteiger partial charge in [0.05, 0.1) is 0 Å². The fourth-order valence-corrected chi connectivity index (χ4v) is 1.97. The summed E-state index contributed by atoms with van der Waals surface area (Å²) in [4.78, 5) is 0. The molecule has 0 saturated heterocycles. The van der Waals surface area contributed by atoms with Crippen molar-refractivity contribution in [3.8, 4) is 5.75 Å². The molecule has 0 amide bonds. The molecule has 0 aliphatic carbocycles. The van der Waals surface area contributed by atoms with Gasteiger partial charge in [-0.15, -0.1) is 6.58 Å². The maximum atomic E-state index is 13.1. The molecule has 15 heavy (non-hydrogen) atoms. The molecule has 0 aliphatic rings. The zero-order valence-electron chi connectivity index (χ0n) is 8.21. The molecule has 4 heteroatoms. The quantitative estimate of drug-likeness (QED) is 0.828. The number of phenolic OH excluding ortho intramolecular Hbond substituents is 1. The number of allylic oxidation sites excluding steroid dienone is 1. The fraction of sp³-hybridized carbons (Fsp3) is 0.273.